The molecule has 3 aliphatic rings. The van der Waals surface area contributed by atoms with Gasteiger partial charge >= 0.3 is 17.9 Å². The van der Waals surface area contributed by atoms with Crippen LogP contribution in [-0.4, -0.2) is 48.8 Å². The molecule has 27 heavy (non-hydrogen) atoms. The van der Waals surface area contributed by atoms with E-state index in [-0.39, 0.29) is 24.4 Å². The van der Waals surface area contributed by atoms with Crippen LogP contribution < -0.4 is 0 Å². The van der Waals surface area contributed by atoms with Crippen molar-refractivity contribution in [3.05, 3.63) is 41.5 Å². The van der Waals surface area contributed by atoms with Gasteiger partial charge in [-0.1, -0.05) is 23.8 Å². The minimum absolute atomic E-state index is 0.0482. The smallest absolute Gasteiger partial charge is 0.325 e. The van der Waals surface area contributed by atoms with Crippen molar-refractivity contribution in [3.8, 4) is 0 Å². The van der Waals surface area contributed by atoms with Gasteiger partial charge in [0.2, 0.25) is 10.0 Å². The Morgan fingerprint density at radius 2 is 1.93 bits per heavy atom. The predicted octanol–water partition coefficient (Wildman–Crippen LogP) is 0.716. The Morgan fingerprint density at radius 1 is 1.26 bits per heavy atom. The van der Waals surface area contributed by atoms with Gasteiger partial charge in [0.1, 0.15) is 5.41 Å². The van der Waals surface area contributed by atoms with Gasteiger partial charge in [-0.2, -0.15) is 4.31 Å². The summed E-state index contributed by atoms with van der Waals surface area (Å²) in [6.45, 7) is 1.58. The zero-order chi connectivity index (χ0) is 19.6. The van der Waals surface area contributed by atoms with Crippen LogP contribution in [0, 0.1) is 24.2 Å². The number of hydrogen-bond donors (Lipinski definition) is 1. The van der Waals surface area contributed by atoms with Crippen LogP contribution in [0.15, 0.2) is 40.8 Å². The molecule has 0 radical (unpaired) electrons. The van der Waals surface area contributed by atoms with Gasteiger partial charge in [0, 0.05) is 13.1 Å². The zero-order valence-electron chi connectivity index (χ0n) is 14.4. The van der Waals surface area contributed by atoms with Crippen molar-refractivity contribution in [3.63, 3.8) is 0 Å². The monoisotopic (exact) mass is 391 g/mol. The standard InChI is InChI=1S/C18H17NO7S/c1-10-2-4-12(5-3-10)27(24,25)19-8-11-6-13(15(20)21)14-7-18(11,9-19)17(23)26-16(14)22/h2-6,13-14H,7-9H2,1H3,(H,20,21)/t13-,14+,18+/m0/s1. The van der Waals surface area contributed by atoms with Crippen LogP contribution in [0.2, 0.25) is 0 Å². The van der Waals surface area contributed by atoms with E-state index in [1.807, 2.05) is 6.92 Å². The number of aliphatic carboxylic acids is 1. The number of fused-ring (bicyclic) bond motifs is 1. The Morgan fingerprint density at radius 3 is 2.56 bits per heavy atom. The summed E-state index contributed by atoms with van der Waals surface area (Å²) in [4.78, 5) is 36.1. The lowest BCUT2D eigenvalue weighted by Crippen LogP contribution is -2.52. The number of benzene rings is 1. The lowest BCUT2D eigenvalue weighted by atomic mass is 9.65. The molecule has 2 aliphatic heterocycles. The molecule has 0 aromatic heterocycles. The zero-order valence-corrected chi connectivity index (χ0v) is 15.2. The largest absolute Gasteiger partial charge is 0.481 e. The molecule has 142 valence electrons. The molecule has 0 unspecified atom stereocenters. The van der Waals surface area contributed by atoms with Gasteiger partial charge in [-0.15, -0.1) is 0 Å². The van der Waals surface area contributed by atoms with E-state index < -0.39 is 45.2 Å². The molecule has 1 aliphatic carbocycles. The van der Waals surface area contributed by atoms with Gasteiger partial charge in [0.25, 0.3) is 0 Å². The van der Waals surface area contributed by atoms with E-state index in [0.717, 1.165) is 9.87 Å². The minimum atomic E-state index is -3.88. The molecule has 1 aromatic carbocycles. The second-order valence-corrected chi connectivity index (χ2v) is 9.18. The summed E-state index contributed by atoms with van der Waals surface area (Å²) in [6.07, 6.45) is 1.31. The van der Waals surface area contributed by atoms with E-state index >= 15 is 0 Å². The number of aryl methyl sites for hydroxylation is 1. The molecule has 4 rings (SSSR count). The molecule has 0 amide bonds. The molecule has 1 aromatic rings. The van der Waals surface area contributed by atoms with Crippen LogP contribution in [0.3, 0.4) is 0 Å². The number of cyclic esters (lactones) is 2. The van der Waals surface area contributed by atoms with Crippen molar-refractivity contribution in [1.29, 1.82) is 0 Å². The highest BCUT2D eigenvalue weighted by atomic mass is 32.2. The first kappa shape index (κ1) is 17.9. The number of carbonyl (C=O) groups is 3. The molecule has 2 bridgehead atoms. The maximum atomic E-state index is 13.0. The maximum Gasteiger partial charge on any atom is 0.325 e. The summed E-state index contributed by atoms with van der Waals surface area (Å²) in [5, 5.41) is 9.41. The first-order valence-electron chi connectivity index (χ1n) is 8.42. The number of carbonyl (C=O) groups excluding carboxylic acids is 2. The fourth-order valence-corrected chi connectivity index (χ4v) is 5.57. The van der Waals surface area contributed by atoms with Gasteiger partial charge in [-0.05, 0) is 31.1 Å². The molecule has 2 heterocycles. The average molecular weight is 391 g/mol. The van der Waals surface area contributed by atoms with Crippen LogP contribution in [0.25, 0.3) is 0 Å². The van der Waals surface area contributed by atoms with E-state index in [4.69, 9.17) is 4.74 Å². The lowest BCUT2D eigenvalue weighted by molar-refractivity contribution is -0.180. The first-order valence-corrected chi connectivity index (χ1v) is 9.86. The highest BCUT2D eigenvalue weighted by Gasteiger charge is 2.62. The summed E-state index contributed by atoms with van der Waals surface area (Å²) >= 11 is 0. The summed E-state index contributed by atoms with van der Waals surface area (Å²) in [5.74, 6) is -5.00. The van der Waals surface area contributed by atoms with Crippen LogP contribution in [-0.2, 0) is 29.1 Å². The van der Waals surface area contributed by atoms with Gasteiger partial charge < -0.3 is 9.84 Å². The molecule has 3 atom stereocenters. The molecule has 9 heteroatoms. The predicted molar refractivity (Wildman–Crippen MR) is 90.8 cm³/mol. The fraction of sp³-hybridized carbons (Fsp3) is 0.389. The Labute approximate surface area is 155 Å². The second-order valence-electron chi connectivity index (χ2n) is 7.24. The number of hydrogen-bond acceptors (Lipinski definition) is 6. The van der Waals surface area contributed by atoms with Gasteiger partial charge in [-0.25, -0.2) is 8.42 Å². The molecule has 1 N–H and O–H groups in total. The second kappa shape index (κ2) is 5.74. The summed E-state index contributed by atoms with van der Waals surface area (Å²) < 4.78 is 32.0. The van der Waals surface area contributed by atoms with Gasteiger partial charge in [0.15, 0.2) is 0 Å². The van der Waals surface area contributed by atoms with E-state index in [9.17, 15) is 27.9 Å². The minimum Gasteiger partial charge on any atom is -0.481 e. The molecule has 8 nitrogen and oxygen atoms in total. The lowest BCUT2D eigenvalue weighted by Gasteiger charge is -2.40. The summed E-state index contributed by atoms with van der Waals surface area (Å²) in [7, 11) is -3.88. The highest BCUT2D eigenvalue weighted by molar-refractivity contribution is 7.89. The van der Waals surface area contributed by atoms with Gasteiger partial charge in [-0.3, -0.25) is 14.4 Å². The quantitative estimate of drug-likeness (QED) is 0.458. The Balaban J connectivity index is 1.76. The topological polar surface area (TPSA) is 118 Å². The van der Waals surface area contributed by atoms with Crippen LogP contribution in [0.4, 0.5) is 0 Å². The van der Waals surface area contributed by atoms with Crippen molar-refractivity contribution in [2.75, 3.05) is 13.1 Å². The third-order valence-electron chi connectivity index (χ3n) is 5.62. The highest BCUT2D eigenvalue weighted by Crippen LogP contribution is 2.52. The number of rotatable bonds is 3. The van der Waals surface area contributed by atoms with Crippen molar-refractivity contribution in [2.24, 2.45) is 17.3 Å². The number of ether oxygens (including phenoxy) is 1. The molecule has 1 spiro atoms. The first-order chi connectivity index (χ1) is 12.6. The van der Waals surface area contributed by atoms with Crippen molar-refractivity contribution in [1.82, 2.24) is 4.31 Å². The SMILES string of the molecule is Cc1ccc(S(=O)(=O)N2CC3=C[C@H](C(=O)O)[C@H]4C[C@]3(C2)C(=O)OC4=O)cc1. The Bertz CT molecular complexity index is 995. The van der Waals surface area contributed by atoms with E-state index in [2.05, 4.69) is 0 Å². The van der Waals surface area contributed by atoms with Crippen molar-refractivity contribution in [2.45, 2.75) is 18.2 Å². The molecule has 0 saturated carbocycles. The van der Waals surface area contributed by atoms with Crippen LogP contribution in [0.5, 0.6) is 0 Å². The number of carboxylic acids is 1. The molecular formula is C18H17NO7S. The number of esters is 2. The third kappa shape index (κ3) is 2.53. The Kier molecular flexibility index (Phi) is 3.80. The molecular weight excluding hydrogens is 374 g/mol. The van der Waals surface area contributed by atoms with E-state index in [1.165, 1.54) is 18.2 Å². The summed E-state index contributed by atoms with van der Waals surface area (Å²) in [5.41, 5.74) is 0.00801. The van der Waals surface area contributed by atoms with Crippen LogP contribution >= 0.6 is 0 Å². The summed E-state index contributed by atoms with van der Waals surface area (Å²) in [6, 6.07) is 6.34. The fourth-order valence-electron chi connectivity index (χ4n) is 4.09. The number of carboxylic acid groups (broad SMARTS) is 1. The van der Waals surface area contributed by atoms with Gasteiger partial charge in [0.05, 0.1) is 16.7 Å². The third-order valence-corrected chi connectivity index (χ3v) is 7.43. The molecule has 2 fully saturated rings. The number of sulfonamides is 1. The van der Waals surface area contributed by atoms with Crippen molar-refractivity contribution >= 4 is 27.9 Å². The average Bonchev–Trinajstić information content (AvgIpc) is 3.00. The van der Waals surface area contributed by atoms with E-state index in [1.54, 1.807) is 12.1 Å². The Hall–Kier alpha value is -2.52. The maximum absolute atomic E-state index is 13.0. The number of nitrogens with zero attached hydrogens (tertiary/aromatic N) is 1. The normalized spacial score (nSPS) is 30.5. The van der Waals surface area contributed by atoms with Crippen LogP contribution in [0.1, 0.15) is 12.0 Å². The van der Waals surface area contributed by atoms with Crippen molar-refractivity contribution < 1.29 is 32.6 Å². The molecule has 2 saturated heterocycles. The van der Waals surface area contributed by atoms with E-state index in [0.29, 0.717) is 5.57 Å².